The van der Waals surface area contributed by atoms with E-state index >= 15 is 0 Å². The van der Waals surface area contributed by atoms with Gasteiger partial charge in [0.25, 0.3) is 0 Å². The van der Waals surface area contributed by atoms with Crippen LogP contribution < -0.4 is 9.62 Å². The Morgan fingerprint density at radius 3 is 2.31 bits per heavy atom. The fourth-order valence-electron chi connectivity index (χ4n) is 3.78. The van der Waals surface area contributed by atoms with Gasteiger partial charge in [0.1, 0.15) is 11.9 Å². The van der Waals surface area contributed by atoms with Crippen molar-refractivity contribution in [2.24, 2.45) is 0 Å². The molecule has 2 aromatic rings. The monoisotopic (exact) mass is 539 g/mol. The highest BCUT2D eigenvalue weighted by Gasteiger charge is 2.29. The van der Waals surface area contributed by atoms with Gasteiger partial charge in [0.05, 0.1) is 11.9 Å². The number of rotatable bonds is 13. The minimum absolute atomic E-state index is 0.0287. The van der Waals surface area contributed by atoms with Crippen LogP contribution in [0.3, 0.4) is 0 Å². The van der Waals surface area contributed by atoms with E-state index in [9.17, 15) is 22.4 Å². The van der Waals surface area contributed by atoms with Crippen LogP contribution in [-0.4, -0.2) is 50.0 Å². The van der Waals surface area contributed by atoms with E-state index in [1.165, 1.54) is 21.3 Å². The zero-order valence-corrected chi connectivity index (χ0v) is 22.8. The molecule has 0 heterocycles. The summed E-state index contributed by atoms with van der Waals surface area (Å²) >= 11 is 6.04. The lowest BCUT2D eigenvalue weighted by Crippen LogP contribution is -2.50. The van der Waals surface area contributed by atoms with Gasteiger partial charge in [0.2, 0.25) is 21.8 Å². The van der Waals surface area contributed by atoms with Gasteiger partial charge in [-0.2, -0.15) is 0 Å². The Morgan fingerprint density at radius 1 is 1.08 bits per heavy atom. The third-order valence-electron chi connectivity index (χ3n) is 5.90. The molecule has 2 amide bonds. The minimum atomic E-state index is -3.61. The summed E-state index contributed by atoms with van der Waals surface area (Å²) < 4.78 is 39.4. The van der Waals surface area contributed by atoms with Gasteiger partial charge in [0.15, 0.2) is 0 Å². The molecule has 10 heteroatoms. The standard InChI is InChI=1S/C26H35ClFN3O4S/c1-5-19(3)29-26(33)24(6-2)30(18-20-12-14-22(28)15-13-20)25(32)11-8-16-31(36(4,34)35)23-10-7-9-21(27)17-23/h7,9-10,12-15,17,19,24H,5-6,8,11,16,18H2,1-4H3,(H,29,33)/t19-,24-/m0/s1. The van der Waals surface area contributed by atoms with Crippen LogP contribution in [0.1, 0.15) is 52.0 Å². The number of nitrogens with zero attached hydrogens (tertiary/aromatic N) is 2. The first-order valence-corrected chi connectivity index (χ1v) is 14.3. The average Bonchev–Trinajstić information content (AvgIpc) is 2.81. The summed E-state index contributed by atoms with van der Waals surface area (Å²) in [5, 5.41) is 3.34. The molecule has 2 rings (SSSR count). The molecule has 0 aliphatic heterocycles. The SMILES string of the molecule is CC[C@H](C)NC(=O)[C@H](CC)N(Cc1ccc(F)cc1)C(=O)CCCN(c1cccc(Cl)c1)S(C)(=O)=O. The molecule has 0 fully saturated rings. The number of anilines is 1. The number of hydrogen-bond donors (Lipinski definition) is 1. The lowest BCUT2D eigenvalue weighted by Gasteiger charge is -2.32. The molecule has 2 aromatic carbocycles. The van der Waals surface area contributed by atoms with E-state index in [-0.39, 0.29) is 49.6 Å². The highest BCUT2D eigenvalue weighted by molar-refractivity contribution is 7.92. The maximum Gasteiger partial charge on any atom is 0.243 e. The first kappa shape index (κ1) is 29.6. The molecule has 0 unspecified atom stereocenters. The van der Waals surface area contributed by atoms with Crippen LogP contribution in [0, 0.1) is 5.82 Å². The van der Waals surface area contributed by atoms with Gasteiger partial charge >= 0.3 is 0 Å². The number of nitrogens with one attached hydrogen (secondary N) is 1. The fourth-order valence-corrected chi connectivity index (χ4v) is 4.92. The predicted molar refractivity (Wildman–Crippen MR) is 142 cm³/mol. The van der Waals surface area contributed by atoms with E-state index in [4.69, 9.17) is 11.6 Å². The van der Waals surface area contributed by atoms with Crippen molar-refractivity contribution >= 4 is 39.1 Å². The molecule has 1 N–H and O–H groups in total. The van der Waals surface area contributed by atoms with Crippen LogP contribution >= 0.6 is 11.6 Å². The molecular formula is C26H35ClFN3O4S. The van der Waals surface area contributed by atoms with Crippen molar-refractivity contribution in [2.75, 3.05) is 17.1 Å². The lowest BCUT2D eigenvalue weighted by molar-refractivity contribution is -0.141. The number of sulfonamides is 1. The Balaban J connectivity index is 2.22. The smallest absolute Gasteiger partial charge is 0.243 e. The van der Waals surface area contributed by atoms with Gasteiger partial charge in [-0.25, -0.2) is 12.8 Å². The third kappa shape index (κ3) is 8.78. The van der Waals surface area contributed by atoms with Gasteiger partial charge in [-0.1, -0.05) is 43.6 Å². The van der Waals surface area contributed by atoms with E-state index in [0.717, 1.165) is 12.7 Å². The molecule has 0 aliphatic rings. The molecule has 0 bridgehead atoms. The number of benzene rings is 2. The Bertz CT molecular complexity index is 1130. The first-order chi connectivity index (χ1) is 17.0. The second-order valence-corrected chi connectivity index (χ2v) is 11.2. The summed E-state index contributed by atoms with van der Waals surface area (Å²) in [5.74, 6) is -0.927. The van der Waals surface area contributed by atoms with E-state index in [1.807, 2.05) is 20.8 Å². The van der Waals surface area contributed by atoms with E-state index in [1.54, 1.807) is 36.4 Å². The first-order valence-electron chi connectivity index (χ1n) is 12.0. The topological polar surface area (TPSA) is 86.8 Å². The normalized spacial score (nSPS) is 13.1. The molecule has 36 heavy (non-hydrogen) atoms. The molecule has 0 aromatic heterocycles. The quantitative estimate of drug-likeness (QED) is 0.398. The number of carbonyl (C=O) groups excluding carboxylic acids is 2. The van der Waals surface area contributed by atoms with Gasteiger partial charge in [-0.15, -0.1) is 0 Å². The van der Waals surface area contributed by atoms with Crippen LogP contribution in [0.25, 0.3) is 0 Å². The van der Waals surface area contributed by atoms with Crippen molar-refractivity contribution in [1.29, 1.82) is 0 Å². The zero-order chi connectivity index (χ0) is 26.9. The summed E-state index contributed by atoms with van der Waals surface area (Å²) in [6.45, 7) is 5.89. The van der Waals surface area contributed by atoms with E-state index in [2.05, 4.69) is 5.32 Å². The van der Waals surface area contributed by atoms with E-state index < -0.39 is 16.1 Å². The molecule has 0 aliphatic carbocycles. The van der Waals surface area contributed by atoms with Crippen LogP contribution in [0.2, 0.25) is 5.02 Å². The second-order valence-electron chi connectivity index (χ2n) is 8.81. The van der Waals surface area contributed by atoms with Gasteiger partial charge in [-0.05, 0) is 62.1 Å². The molecule has 0 saturated carbocycles. The minimum Gasteiger partial charge on any atom is -0.352 e. The lowest BCUT2D eigenvalue weighted by atomic mass is 10.1. The van der Waals surface area contributed by atoms with Crippen LogP contribution in [-0.2, 0) is 26.2 Å². The predicted octanol–water partition coefficient (Wildman–Crippen LogP) is 4.75. The third-order valence-corrected chi connectivity index (χ3v) is 7.33. The molecule has 0 spiro atoms. The Hall–Kier alpha value is -2.65. The fraction of sp³-hybridized carbons (Fsp3) is 0.462. The molecule has 0 saturated heterocycles. The van der Waals surface area contributed by atoms with Crippen molar-refractivity contribution in [1.82, 2.24) is 10.2 Å². The highest BCUT2D eigenvalue weighted by atomic mass is 35.5. The van der Waals surface area contributed by atoms with Crippen molar-refractivity contribution in [2.45, 2.75) is 65.1 Å². The molecular weight excluding hydrogens is 505 g/mol. The van der Waals surface area contributed by atoms with Gasteiger partial charge < -0.3 is 10.2 Å². The zero-order valence-electron chi connectivity index (χ0n) is 21.2. The van der Waals surface area contributed by atoms with Crippen molar-refractivity contribution < 1.29 is 22.4 Å². The summed E-state index contributed by atoms with van der Waals surface area (Å²) in [5.41, 5.74) is 1.11. The van der Waals surface area contributed by atoms with Crippen LogP contribution in [0.5, 0.6) is 0 Å². The van der Waals surface area contributed by atoms with Crippen LogP contribution in [0.15, 0.2) is 48.5 Å². The number of amides is 2. The maximum absolute atomic E-state index is 13.4. The summed E-state index contributed by atoms with van der Waals surface area (Å²) in [7, 11) is -3.61. The summed E-state index contributed by atoms with van der Waals surface area (Å²) in [6, 6.07) is 11.5. The van der Waals surface area contributed by atoms with Crippen molar-refractivity contribution in [3.05, 3.63) is 64.9 Å². The second kappa shape index (κ2) is 13.6. The van der Waals surface area contributed by atoms with Gasteiger partial charge in [-0.3, -0.25) is 13.9 Å². The Kier molecular flexibility index (Phi) is 11.2. The number of halogens is 2. The Morgan fingerprint density at radius 2 is 1.75 bits per heavy atom. The van der Waals surface area contributed by atoms with Crippen molar-refractivity contribution in [3.8, 4) is 0 Å². The molecule has 7 nitrogen and oxygen atoms in total. The van der Waals surface area contributed by atoms with Crippen molar-refractivity contribution in [3.63, 3.8) is 0 Å². The molecule has 198 valence electrons. The molecule has 2 atom stereocenters. The largest absolute Gasteiger partial charge is 0.352 e. The summed E-state index contributed by atoms with van der Waals surface area (Å²) in [4.78, 5) is 27.9. The van der Waals surface area contributed by atoms with Gasteiger partial charge in [0, 0.05) is 30.6 Å². The summed E-state index contributed by atoms with van der Waals surface area (Å²) in [6.07, 6.45) is 2.51. The van der Waals surface area contributed by atoms with Crippen LogP contribution in [0.4, 0.5) is 10.1 Å². The highest BCUT2D eigenvalue weighted by Crippen LogP contribution is 2.23. The van der Waals surface area contributed by atoms with E-state index in [0.29, 0.717) is 22.7 Å². The maximum atomic E-state index is 13.4. The average molecular weight is 540 g/mol. The number of hydrogen-bond acceptors (Lipinski definition) is 4. The number of carbonyl (C=O) groups is 2. The molecule has 0 radical (unpaired) electrons. The Labute approximate surface area is 218 Å².